The van der Waals surface area contributed by atoms with Gasteiger partial charge in [-0.2, -0.15) is 0 Å². The second kappa shape index (κ2) is 12.6. The molecule has 0 unspecified atom stereocenters. The molecule has 1 heterocycles. The molecular weight excluding hydrogens is 533 g/mol. The van der Waals surface area contributed by atoms with E-state index >= 15 is 0 Å². The van der Waals surface area contributed by atoms with Gasteiger partial charge in [0.2, 0.25) is 23.3 Å². The van der Waals surface area contributed by atoms with Crippen LogP contribution in [0.4, 0.5) is 5.69 Å². The lowest BCUT2D eigenvalue weighted by atomic mass is 10.0. The first-order valence-electron chi connectivity index (χ1n) is 12.3. The normalized spacial score (nSPS) is 21.2. The fraction of sp³-hybridized carbons (Fsp3) is 0.520. The molecule has 13 heteroatoms. The number of alkyl halides is 2. The van der Waals surface area contributed by atoms with Crippen LogP contribution in [0.3, 0.4) is 0 Å². The van der Waals surface area contributed by atoms with Crippen LogP contribution < -0.4 is 20.8 Å². The van der Waals surface area contributed by atoms with Gasteiger partial charge in [-0.15, -0.1) is 23.2 Å². The minimum Gasteiger partial charge on any atom is -0.490 e. The zero-order chi connectivity index (χ0) is 28.0. The second-order valence-corrected chi connectivity index (χ2v) is 10.9. The number of amides is 2. The van der Waals surface area contributed by atoms with E-state index in [1.54, 1.807) is 30.1 Å². The highest BCUT2D eigenvalue weighted by Gasteiger charge is 2.55. The van der Waals surface area contributed by atoms with Crippen molar-refractivity contribution in [3.8, 4) is 5.75 Å². The van der Waals surface area contributed by atoms with Crippen molar-refractivity contribution in [1.82, 2.24) is 10.2 Å². The maximum Gasteiger partial charge on any atom is 0.249 e. The number of likely N-dealkylation sites (tertiary alicyclic amines) is 1. The Labute approximate surface area is 231 Å². The summed E-state index contributed by atoms with van der Waals surface area (Å²) in [5, 5.41) is 12.0. The van der Waals surface area contributed by atoms with E-state index in [-0.39, 0.29) is 54.3 Å². The zero-order valence-electron chi connectivity index (χ0n) is 21.6. The number of aliphatic imine (C=N–C) groups is 2. The molecule has 2 aliphatic rings. The fourth-order valence-electron chi connectivity index (χ4n) is 4.30. The molecule has 1 aliphatic carbocycles. The van der Waals surface area contributed by atoms with E-state index in [2.05, 4.69) is 20.6 Å². The number of anilines is 1. The number of hydrogen-bond acceptors (Lipinski definition) is 6. The monoisotopic (exact) mass is 565 g/mol. The van der Waals surface area contributed by atoms with Crippen molar-refractivity contribution >= 4 is 64.4 Å². The summed E-state index contributed by atoms with van der Waals surface area (Å²) in [4.78, 5) is 47.0. The molecule has 38 heavy (non-hydrogen) atoms. The number of amidine groups is 1. The predicted molar refractivity (Wildman–Crippen MR) is 148 cm³/mol. The molecule has 3 atom stereocenters. The second-order valence-electron chi connectivity index (χ2n) is 9.38. The van der Waals surface area contributed by atoms with E-state index in [0.717, 1.165) is 0 Å². The van der Waals surface area contributed by atoms with E-state index in [0.29, 0.717) is 42.8 Å². The highest BCUT2D eigenvalue weighted by molar-refractivity contribution is 6.51. The molecule has 11 nitrogen and oxygen atoms in total. The molecule has 1 aromatic rings. The van der Waals surface area contributed by atoms with Gasteiger partial charge >= 0.3 is 0 Å². The summed E-state index contributed by atoms with van der Waals surface area (Å²) in [5.41, 5.74) is 8.56. The molecule has 1 aromatic carbocycles. The van der Waals surface area contributed by atoms with Crippen LogP contribution in [0.25, 0.3) is 5.73 Å². The van der Waals surface area contributed by atoms with E-state index in [9.17, 15) is 14.4 Å². The lowest BCUT2D eigenvalue weighted by Crippen LogP contribution is -2.50. The van der Waals surface area contributed by atoms with Crippen LogP contribution in [0.2, 0.25) is 0 Å². The number of nitrogens with one attached hydrogen (secondary N) is 3. The first-order chi connectivity index (χ1) is 17.9. The van der Waals surface area contributed by atoms with Gasteiger partial charge in [-0.05, 0) is 50.2 Å². The Morgan fingerprint density at radius 2 is 2.08 bits per heavy atom. The van der Waals surface area contributed by atoms with Gasteiger partial charge in [-0.1, -0.05) is 0 Å². The number of hydrogen-bond donors (Lipinski definition) is 3. The summed E-state index contributed by atoms with van der Waals surface area (Å²) in [6, 6.07) is 4.05. The van der Waals surface area contributed by atoms with Gasteiger partial charge in [-0.3, -0.25) is 19.8 Å². The van der Waals surface area contributed by atoms with Crippen LogP contribution >= 0.6 is 23.2 Å². The number of rotatable bonds is 12. The minimum atomic E-state index is -0.806. The Hall–Kier alpha value is -3.18. The van der Waals surface area contributed by atoms with Crippen molar-refractivity contribution in [2.24, 2.45) is 15.9 Å². The van der Waals surface area contributed by atoms with Gasteiger partial charge in [0, 0.05) is 44.5 Å². The number of carbonyl (C=O) groups is 3. The number of nitrogens with zero attached hydrogens (tertiary/aromatic N) is 3. The summed E-state index contributed by atoms with van der Waals surface area (Å²) in [5.74, 6) is -0.510. The number of nitrogens with two attached hydrogens (primary N) is 1. The molecular formula is C25H33Cl2N7O4. The zero-order valence-corrected chi connectivity index (χ0v) is 23.1. The minimum absolute atomic E-state index is 0.00886. The van der Waals surface area contributed by atoms with Gasteiger partial charge in [0.05, 0.1) is 12.1 Å². The quantitative estimate of drug-likeness (QED) is 0.198. The highest BCUT2D eigenvalue weighted by Crippen LogP contribution is 2.54. The summed E-state index contributed by atoms with van der Waals surface area (Å²) in [7, 11) is 1.54. The topological polar surface area (TPSA) is 162 Å². The summed E-state index contributed by atoms with van der Waals surface area (Å²) in [6.07, 6.45) is 3.14. The Morgan fingerprint density at radius 1 is 1.37 bits per heavy atom. The predicted octanol–water partition coefficient (Wildman–Crippen LogP) is 1.41. The van der Waals surface area contributed by atoms with Crippen LogP contribution in [-0.4, -0.2) is 83.5 Å². The largest absolute Gasteiger partial charge is 0.490 e. The number of carbonyl (C=O) groups excluding carboxylic acids is 3. The van der Waals surface area contributed by atoms with Crippen molar-refractivity contribution < 1.29 is 24.5 Å². The van der Waals surface area contributed by atoms with E-state index < -0.39 is 10.4 Å². The van der Waals surface area contributed by atoms with Crippen LogP contribution in [0, 0.1) is 5.92 Å². The molecule has 1 aliphatic heterocycles. The SMILES string of the molecule is CN=CN=C([NH-])COc1ccc(NCC(=O)N2CCC[C@H]2C(=O)N[C@H](C)[C@H]2CC2(Cl)Cl)c(C(=[NH2+])C(C)=O)c1. The Kier molecular flexibility index (Phi) is 9.72. The van der Waals surface area contributed by atoms with Gasteiger partial charge in [0.1, 0.15) is 22.7 Å². The van der Waals surface area contributed by atoms with Crippen LogP contribution in [-0.2, 0) is 14.4 Å². The van der Waals surface area contributed by atoms with Crippen LogP contribution in [0.1, 0.15) is 38.7 Å². The van der Waals surface area contributed by atoms with Gasteiger partial charge in [0.25, 0.3) is 0 Å². The lowest BCUT2D eigenvalue weighted by molar-refractivity contribution is -0.137. The standard InChI is InChI=1S/C25H33Cl2N7O4/c1-14(18-10-25(18,26)27)33-24(37)20-5-4-8-34(20)22(36)11-31-19-7-6-16(9-17(19)23(29)15(2)35)38-12-21(28)32-13-30-3/h6-7,9,13-14,18,20H,4-5,8,10-12H2,1-3H3,(H5,28,29,30,31,32,33,37)/t14-,18-,20+/m1/s1. The molecule has 1 saturated heterocycles. The molecule has 0 spiro atoms. The maximum absolute atomic E-state index is 13.1. The Balaban J connectivity index is 1.65. The number of benzene rings is 1. The van der Waals surface area contributed by atoms with E-state index in [4.69, 9.17) is 39.1 Å². The maximum atomic E-state index is 13.1. The number of Topliss-reactive ketones (excluding diaryl/α,β-unsaturated/α-hetero) is 1. The van der Waals surface area contributed by atoms with Gasteiger partial charge < -0.3 is 36.0 Å². The molecule has 5 N–H and O–H groups in total. The molecule has 1 saturated carbocycles. The smallest absolute Gasteiger partial charge is 0.249 e. The summed E-state index contributed by atoms with van der Waals surface area (Å²) >= 11 is 12.2. The van der Waals surface area contributed by atoms with Crippen molar-refractivity contribution in [2.75, 3.05) is 32.1 Å². The number of halogens is 2. The number of ketones is 1. The van der Waals surface area contributed by atoms with Crippen molar-refractivity contribution in [3.63, 3.8) is 0 Å². The molecule has 2 fully saturated rings. The molecule has 0 radical (unpaired) electrons. The summed E-state index contributed by atoms with van der Waals surface area (Å²) < 4.78 is 4.77. The Bertz CT molecular complexity index is 1150. The molecule has 0 bridgehead atoms. The van der Waals surface area contributed by atoms with E-state index in [1.165, 1.54) is 13.3 Å². The summed E-state index contributed by atoms with van der Waals surface area (Å²) in [6.45, 7) is 3.45. The third kappa shape index (κ3) is 7.44. The van der Waals surface area contributed by atoms with Gasteiger partial charge in [-0.25, -0.2) is 0 Å². The number of ether oxygens (including phenoxy) is 1. The lowest BCUT2D eigenvalue weighted by Gasteiger charge is -2.26. The van der Waals surface area contributed by atoms with Gasteiger partial charge in [0.15, 0.2) is 0 Å². The average Bonchev–Trinajstić information content (AvgIpc) is 3.27. The first kappa shape index (κ1) is 29.4. The highest BCUT2D eigenvalue weighted by atomic mass is 35.5. The van der Waals surface area contributed by atoms with Crippen LogP contribution in [0.15, 0.2) is 28.2 Å². The first-order valence-corrected chi connectivity index (χ1v) is 13.0. The average molecular weight is 566 g/mol. The molecule has 206 valence electrons. The third-order valence-electron chi connectivity index (χ3n) is 6.52. The van der Waals surface area contributed by atoms with E-state index in [1.807, 2.05) is 6.92 Å². The van der Waals surface area contributed by atoms with Crippen LogP contribution in [0.5, 0.6) is 5.75 Å². The van der Waals surface area contributed by atoms with Crippen molar-refractivity contribution in [1.29, 1.82) is 0 Å². The van der Waals surface area contributed by atoms with Crippen molar-refractivity contribution in [3.05, 3.63) is 29.5 Å². The Morgan fingerprint density at radius 3 is 2.71 bits per heavy atom. The molecule has 3 rings (SSSR count). The third-order valence-corrected chi connectivity index (χ3v) is 7.39. The van der Waals surface area contributed by atoms with Crippen molar-refractivity contribution in [2.45, 2.75) is 49.5 Å². The molecule has 0 aromatic heterocycles. The molecule has 2 amide bonds. The fourth-order valence-corrected chi connectivity index (χ4v) is 5.01.